The van der Waals surface area contributed by atoms with Gasteiger partial charge in [-0.15, -0.1) is 10.2 Å². The molecule has 0 fully saturated rings. The van der Waals surface area contributed by atoms with Crippen molar-refractivity contribution in [2.24, 2.45) is 5.84 Å². The number of nitrogens with two attached hydrogens (primary N) is 1. The SMILES string of the molecule is NNc1ccc(-c2ccc3c(c2)CCCC3)nn1. The maximum atomic E-state index is 5.28. The molecule has 0 unspecified atom stereocenters. The summed E-state index contributed by atoms with van der Waals surface area (Å²) < 4.78 is 0. The highest BCUT2D eigenvalue weighted by atomic mass is 15.3. The van der Waals surface area contributed by atoms with E-state index >= 15 is 0 Å². The summed E-state index contributed by atoms with van der Waals surface area (Å²) in [6, 6.07) is 10.4. The van der Waals surface area contributed by atoms with E-state index in [1.54, 1.807) is 0 Å². The van der Waals surface area contributed by atoms with Crippen LogP contribution in [0.5, 0.6) is 0 Å². The molecule has 1 aliphatic carbocycles. The minimum atomic E-state index is 0.580. The highest BCUT2D eigenvalue weighted by molar-refractivity contribution is 5.61. The van der Waals surface area contributed by atoms with E-state index in [1.807, 2.05) is 12.1 Å². The summed E-state index contributed by atoms with van der Waals surface area (Å²) in [4.78, 5) is 0. The van der Waals surface area contributed by atoms with E-state index in [4.69, 9.17) is 5.84 Å². The number of rotatable bonds is 2. The normalized spacial score (nSPS) is 14.1. The minimum absolute atomic E-state index is 0.580. The van der Waals surface area contributed by atoms with E-state index in [2.05, 4.69) is 33.8 Å². The van der Waals surface area contributed by atoms with E-state index in [0.29, 0.717) is 5.82 Å². The first kappa shape index (κ1) is 11.2. The molecule has 0 bridgehead atoms. The number of hydrogen-bond acceptors (Lipinski definition) is 4. The Morgan fingerprint density at radius 2 is 1.78 bits per heavy atom. The molecule has 3 N–H and O–H groups in total. The van der Waals surface area contributed by atoms with Crippen LogP contribution in [0.3, 0.4) is 0 Å². The molecule has 1 heterocycles. The fourth-order valence-electron chi connectivity index (χ4n) is 2.46. The highest BCUT2D eigenvalue weighted by Crippen LogP contribution is 2.26. The first-order chi connectivity index (χ1) is 8.86. The lowest BCUT2D eigenvalue weighted by atomic mass is 9.90. The Morgan fingerprint density at radius 3 is 2.50 bits per heavy atom. The van der Waals surface area contributed by atoms with Gasteiger partial charge in [-0.1, -0.05) is 12.1 Å². The second-order valence-electron chi connectivity index (χ2n) is 4.64. The molecule has 4 heteroatoms. The molecule has 2 aromatic rings. The van der Waals surface area contributed by atoms with Gasteiger partial charge >= 0.3 is 0 Å². The van der Waals surface area contributed by atoms with Crippen LogP contribution in [0.25, 0.3) is 11.3 Å². The monoisotopic (exact) mass is 240 g/mol. The Kier molecular flexibility index (Phi) is 2.94. The van der Waals surface area contributed by atoms with Gasteiger partial charge in [0, 0.05) is 5.56 Å². The lowest BCUT2D eigenvalue weighted by molar-refractivity contribution is 0.686. The zero-order valence-corrected chi connectivity index (χ0v) is 10.2. The van der Waals surface area contributed by atoms with Crippen molar-refractivity contribution in [3.63, 3.8) is 0 Å². The van der Waals surface area contributed by atoms with E-state index in [9.17, 15) is 0 Å². The molecular weight excluding hydrogens is 224 g/mol. The van der Waals surface area contributed by atoms with Crippen molar-refractivity contribution in [2.75, 3.05) is 5.43 Å². The van der Waals surface area contributed by atoms with Gasteiger partial charge in [-0.05, 0) is 55.0 Å². The minimum Gasteiger partial charge on any atom is -0.307 e. The Hall–Kier alpha value is -1.94. The van der Waals surface area contributed by atoms with E-state index < -0.39 is 0 Å². The van der Waals surface area contributed by atoms with Crippen LogP contribution in [-0.4, -0.2) is 10.2 Å². The molecule has 0 atom stereocenters. The van der Waals surface area contributed by atoms with E-state index in [-0.39, 0.29) is 0 Å². The molecule has 4 nitrogen and oxygen atoms in total. The van der Waals surface area contributed by atoms with Gasteiger partial charge in [0.1, 0.15) is 0 Å². The predicted octanol–water partition coefficient (Wildman–Crippen LogP) is 2.31. The molecule has 3 rings (SSSR count). The molecule has 18 heavy (non-hydrogen) atoms. The van der Waals surface area contributed by atoms with Crippen molar-refractivity contribution in [1.29, 1.82) is 0 Å². The van der Waals surface area contributed by atoms with Crippen LogP contribution in [0.2, 0.25) is 0 Å². The Balaban J connectivity index is 1.95. The van der Waals surface area contributed by atoms with Crippen LogP contribution >= 0.6 is 0 Å². The molecule has 1 aromatic heterocycles. The second-order valence-corrected chi connectivity index (χ2v) is 4.64. The Morgan fingerprint density at radius 1 is 0.944 bits per heavy atom. The maximum absolute atomic E-state index is 5.28. The van der Waals surface area contributed by atoms with Crippen LogP contribution in [0.1, 0.15) is 24.0 Å². The fraction of sp³-hybridized carbons (Fsp3) is 0.286. The molecule has 0 aliphatic heterocycles. The molecular formula is C14H16N4. The van der Waals surface area contributed by atoms with Gasteiger partial charge in [0.2, 0.25) is 0 Å². The van der Waals surface area contributed by atoms with Crippen molar-refractivity contribution < 1.29 is 0 Å². The first-order valence-electron chi connectivity index (χ1n) is 6.29. The van der Waals surface area contributed by atoms with Crippen molar-refractivity contribution in [3.05, 3.63) is 41.5 Å². The molecule has 0 saturated carbocycles. The third-order valence-corrected chi connectivity index (χ3v) is 3.46. The number of hydrogen-bond donors (Lipinski definition) is 2. The van der Waals surface area contributed by atoms with Gasteiger partial charge in [-0.3, -0.25) is 0 Å². The number of fused-ring (bicyclic) bond motifs is 1. The van der Waals surface area contributed by atoms with Crippen LogP contribution < -0.4 is 11.3 Å². The highest BCUT2D eigenvalue weighted by Gasteiger charge is 2.10. The first-order valence-corrected chi connectivity index (χ1v) is 6.29. The van der Waals surface area contributed by atoms with E-state index in [0.717, 1.165) is 11.3 Å². The largest absolute Gasteiger partial charge is 0.307 e. The number of nitrogens with one attached hydrogen (secondary N) is 1. The number of aryl methyl sites for hydroxylation is 2. The van der Waals surface area contributed by atoms with Gasteiger partial charge in [-0.25, -0.2) is 5.84 Å². The average molecular weight is 240 g/mol. The fourth-order valence-corrected chi connectivity index (χ4v) is 2.46. The second kappa shape index (κ2) is 4.74. The van der Waals surface area contributed by atoms with Crippen LogP contribution in [0.4, 0.5) is 5.82 Å². The summed E-state index contributed by atoms with van der Waals surface area (Å²) >= 11 is 0. The molecule has 0 radical (unpaired) electrons. The van der Waals surface area contributed by atoms with Crippen molar-refractivity contribution in [3.8, 4) is 11.3 Å². The number of nitrogen functional groups attached to an aromatic ring is 1. The van der Waals surface area contributed by atoms with Gasteiger partial charge in [0.25, 0.3) is 0 Å². The zero-order chi connectivity index (χ0) is 12.4. The molecule has 0 saturated heterocycles. The molecule has 0 amide bonds. The maximum Gasteiger partial charge on any atom is 0.162 e. The topological polar surface area (TPSA) is 63.8 Å². The summed E-state index contributed by atoms with van der Waals surface area (Å²) in [6.07, 6.45) is 4.98. The number of hydrazine groups is 1. The lowest BCUT2D eigenvalue weighted by Gasteiger charge is -2.16. The number of nitrogens with zero attached hydrogens (tertiary/aromatic N) is 2. The Labute approximate surface area is 106 Å². The quantitative estimate of drug-likeness (QED) is 0.624. The molecule has 92 valence electrons. The third kappa shape index (κ3) is 2.07. The van der Waals surface area contributed by atoms with Crippen LogP contribution in [0.15, 0.2) is 30.3 Å². The molecule has 1 aromatic carbocycles. The number of aromatic nitrogens is 2. The summed E-state index contributed by atoms with van der Waals surface area (Å²) in [5, 5.41) is 8.18. The summed E-state index contributed by atoms with van der Waals surface area (Å²) in [5.41, 5.74) is 7.45. The van der Waals surface area contributed by atoms with Crippen molar-refractivity contribution in [2.45, 2.75) is 25.7 Å². The predicted molar refractivity (Wildman–Crippen MR) is 71.9 cm³/mol. The van der Waals surface area contributed by atoms with Gasteiger partial charge in [0.15, 0.2) is 5.82 Å². The Bertz CT molecular complexity index is 548. The van der Waals surface area contributed by atoms with Crippen LogP contribution in [0, 0.1) is 0 Å². The zero-order valence-electron chi connectivity index (χ0n) is 10.2. The third-order valence-electron chi connectivity index (χ3n) is 3.46. The van der Waals surface area contributed by atoms with E-state index in [1.165, 1.54) is 36.8 Å². The smallest absolute Gasteiger partial charge is 0.162 e. The summed E-state index contributed by atoms with van der Waals surface area (Å²) in [7, 11) is 0. The van der Waals surface area contributed by atoms with Crippen molar-refractivity contribution in [1.82, 2.24) is 10.2 Å². The van der Waals surface area contributed by atoms with Gasteiger partial charge < -0.3 is 5.43 Å². The molecule has 1 aliphatic rings. The van der Waals surface area contributed by atoms with Gasteiger partial charge in [-0.2, -0.15) is 0 Å². The summed E-state index contributed by atoms with van der Waals surface area (Å²) in [5.74, 6) is 5.86. The number of benzene rings is 1. The molecule has 0 spiro atoms. The van der Waals surface area contributed by atoms with Gasteiger partial charge in [0.05, 0.1) is 5.69 Å². The standard InChI is InChI=1S/C14H16N4/c15-16-14-8-7-13(17-18-14)12-6-5-10-3-1-2-4-11(10)9-12/h5-9H,1-4,15H2,(H,16,18). The average Bonchev–Trinajstić information content (AvgIpc) is 2.47. The van der Waals surface area contributed by atoms with Crippen LogP contribution in [-0.2, 0) is 12.8 Å². The van der Waals surface area contributed by atoms with Crippen molar-refractivity contribution >= 4 is 5.82 Å². The number of anilines is 1. The summed E-state index contributed by atoms with van der Waals surface area (Å²) in [6.45, 7) is 0. The lowest BCUT2D eigenvalue weighted by Crippen LogP contribution is -2.09.